The molecule has 2 aromatic rings. The van der Waals surface area contributed by atoms with Gasteiger partial charge in [0.15, 0.2) is 0 Å². The lowest BCUT2D eigenvalue weighted by Gasteiger charge is -2.06. The highest BCUT2D eigenvalue weighted by Gasteiger charge is 1.95. The second kappa shape index (κ2) is 14.5. The monoisotopic (exact) mass is 352 g/mol. The topological polar surface area (TPSA) is 24.1 Å². The van der Waals surface area contributed by atoms with Gasteiger partial charge >= 0.3 is 0 Å². The van der Waals surface area contributed by atoms with Gasteiger partial charge in [-0.2, -0.15) is 0 Å². The van der Waals surface area contributed by atoms with Gasteiger partial charge in [0.1, 0.15) is 0 Å². The van der Waals surface area contributed by atoms with Crippen LogP contribution in [0.3, 0.4) is 0 Å². The standard InChI is InChI=1S/C24H36N2/c1(3-5-13-19-25-21-23-15-9-7-10-16-23)2-4-6-14-20-26-22-24-17-11-8-12-18-24/h7-12,15-18,25-26H,1-6,13-14,19-22H2. The molecule has 0 radical (unpaired) electrons. The minimum atomic E-state index is 0.999. The Morgan fingerprint density at radius 2 is 0.769 bits per heavy atom. The van der Waals surface area contributed by atoms with Gasteiger partial charge in [0.05, 0.1) is 0 Å². The number of hydrogen-bond acceptors (Lipinski definition) is 2. The molecule has 0 fully saturated rings. The van der Waals surface area contributed by atoms with Gasteiger partial charge < -0.3 is 10.6 Å². The lowest BCUT2D eigenvalue weighted by Crippen LogP contribution is -2.14. The zero-order valence-corrected chi connectivity index (χ0v) is 16.3. The Morgan fingerprint density at radius 3 is 1.15 bits per heavy atom. The molecule has 0 aliphatic heterocycles. The Balaban J connectivity index is 1.28. The predicted octanol–water partition coefficient (Wildman–Crippen LogP) is 5.69. The number of nitrogens with one attached hydrogen (secondary N) is 2. The highest BCUT2D eigenvalue weighted by Crippen LogP contribution is 2.08. The molecule has 0 unspecified atom stereocenters. The molecule has 0 saturated carbocycles. The minimum Gasteiger partial charge on any atom is -0.313 e. The van der Waals surface area contributed by atoms with E-state index >= 15 is 0 Å². The summed E-state index contributed by atoms with van der Waals surface area (Å²) in [5.74, 6) is 0. The van der Waals surface area contributed by atoms with Crippen LogP contribution in [-0.2, 0) is 13.1 Å². The normalized spacial score (nSPS) is 10.9. The van der Waals surface area contributed by atoms with Crippen LogP contribution in [-0.4, -0.2) is 13.1 Å². The van der Waals surface area contributed by atoms with E-state index in [4.69, 9.17) is 0 Å². The highest BCUT2D eigenvalue weighted by molar-refractivity contribution is 5.14. The third-order valence-electron chi connectivity index (χ3n) is 4.80. The van der Waals surface area contributed by atoms with E-state index < -0.39 is 0 Å². The van der Waals surface area contributed by atoms with Crippen molar-refractivity contribution in [3.63, 3.8) is 0 Å². The number of rotatable bonds is 15. The molecule has 2 nitrogen and oxygen atoms in total. The van der Waals surface area contributed by atoms with Crippen LogP contribution in [0, 0.1) is 0 Å². The maximum atomic E-state index is 3.54. The van der Waals surface area contributed by atoms with E-state index in [1.54, 1.807) is 0 Å². The molecule has 2 aromatic carbocycles. The average Bonchev–Trinajstić information content (AvgIpc) is 2.70. The molecule has 2 N–H and O–H groups in total. The Bertz CT molecular complexity index is 487. The second-order valence-corrected chi connectivity index (χ2v) is 7.15. The van der Waals surface area contributed by atoms with E-state index in [9.17, 15) is 0 Å². The summed E-state index contributed by atoms with van der Waals surface area (Å²) in [6, 6.07) is 21.3. The molecule has 2 heteroatoms. The maximum absolute atomic E-state index is 3.54. The quantitative estimate of drug-likeness (QED) is 0.403. The van der Waals surface area contributed by atoms with Crippen molar-refractivity contribution in [1.82, 2.24) is 10.6 Å². The van der Waals surface area contributed by atoms with E-state index in [0.29, 0.717) is 0 Å². The van der Waals surface area contributed by atoms with Crippen molar-refractivity contribution in [2.75, 3.05) is 13.1 Å². The molecule has 0 aliphatic carbocycles. The molecule has 0 aromatic heterocycles. The zero-order valence-electron chi connectivity index (χ0n) is 16.3. The molecule has 0 spiro atoms. The van der Waals surface area contributed by atoms with Gasteiger partial charge in [-0.05, 0) is 37.1 Å². The molecule has 142 valence electrons. The molecule has 0 amide bonds. The molecule has 0 atom stereocenters. The van der Waals surface area contributed by atoms with Crippen molar-refractivity contribution in [2.24, 2.45) is 0 Å². The first-order chi connectivity index (χ1) is 12.9. The molecule has 0 bridgehead atoms. The Labute approximate surface area is 160 Å². The van der Waals surface area contributed by atoms with Crippen LogP contribution in [0.25, 0.3) is 0 Å². The molecule has 0 saturated heterocycles. The molecule has 2 rings (SSSR count). The predicted molar refractivity (Wildman–Crippen MR) is 113 cm³/mol. The van der Waals surface area contributed by atoms with Crippen LogP contribution in [0.4, 0.5) is 0 Å². The van der Waals surface area contributed by atoms with Crippen molar-refractivity contribution in [2.45, 2.75) is 64.5 Å². The summed E-state index contributed by atoms with van der Waals surface area (Å²) in [5.41, 5.74) is 2.76. The van der Waals surface area contributed by atoms with Crippen LogP contribution >= 0.6 is 0 Å². The number of unbranched alkanes of at least 4 members (excludes halogenated alkanes) is 7. The summed E-state index contributed by atoms with van der Waals surface area (Å²) in [6.45, 7) is 4.28. The minimum absolute atomic E-state index is 0.999. The third kappa shape index (κ3) is 10.4. The fraction of sp³-hybridized carbons (Fsp3) is 0.500. The summed E-state index contributed by atoms with van der Waals surface area (Å²) < 4.78 is 0. The van der Waals surface area contributed by atoms with Gasteiger partial charge in [-0.15, -0.1) is 0 Å². The Hall–Kier alpha value is -1.64. The average molecular weight is 353 g/mol. The maximum Gasteiger partial charge on any atom is 0.0205 e. The lowest BCUT2D eigenvalue weighted by molar-refractivity contribution is 0.540. The second-order valence-electron chi connectivity index (χ2n) is 7.15. The van der Waals surface area contributed by atoms with E-state index in [0.717, 1.165) is 26.2 Å². The highest BCUT2D eigenvalue weighted by atomic mass is 14.8. The van der Waals surface area contributed by atoms with E-state index in [-0.39, 0.29) is 0 Å². The first-order valence-electron chi connectivity index (χ1n) is 10.4. The summed E-state index contributed by atoms with van der Waals surface area (Å²) >= 11 is 0. The molecule has 26 heavy (non-hydrogen) atoms. The fourth-order valence-electron chi connectivity index (χ4n) is 3.22. The summed E-state index contributed by atoms with van der Waals surface area (Å²) in [4.78, 5) is 0. The van der Waals surface area contributed by atoms with Crippen molar-refractivity contribution < 1.29 is 0 Å². The van der Waals surface area contributed by atoms with Gasteiger partial charge in [-0.3, -0.25) is 0 Å². The van der Waals surface area contributed by atoms with Crippen molar-refractivity contribution in [3.8, 4) is 0 Å². The van der Waals surface area contributed by atoms with Crippen LogP contribution in [0.2, 0.25) is 0 Å². The lowest BCUT2D eigenvalue weighted by atomic mass is 10.1. The van der Waals surface area contributed by atoms with E-state index in [1.165, 1.54) is 62.5 Å². The summed E-state index contributed by atoms with van der Waals surface area (Å²) in [5, 5.41) is 7.07. The van der Waals surface area contributed by atoms with Gasteiger partial charge in [-0.25, -0.2) is 0 Å². The molecular weight excluding hydrogens is 316 g/mol. The number of hydrogen-bond donors (Lipinski definition) is 2. The van der Waals surface area contributed by atoms with Crippen LogP contribution < -0.4 is 10.6 Å². The summed E-state index contributed by atoms with van der Waals surface area (Å²) in [6.07, 6.45) is 10.9. The largest absolute Gasteiger partial charge is 0.313 e. The smallest absolute Gasteiger partial charge is 0.0205 e. The van der Waals surface area contributed by atoms with Gasteiger partial charge in [0.25, 0.3) is 0 Å². The van der Waals surface area contributed by atoms with Gasteiger partial charge in [-0.1, -0.05) is 99.2 Å². The third-order valence-corrected chi connectivity index (χ3v) is 4.80. The number of benzene rings is 2. The van der Waals surface area contributed by atoms with Crippen LogP contribution in [0.5, 0.6) is 0 Å². The van der Waals surface area contributed by atoms with Crippen molar-refractivity contribution in [3.05, 3.63) is 71.8 Å². The Kier molecular flexibility index (Phi) is 11.5. The fourth-order valence-corrected chi connectivity index (χ4v) is 3.22. The van der Waals surface area contributed by atoms with E-state index in [1.807, 2.05) is 0 Å². The SMILES string of the molecule is c1ccc(CNCCCCCCCCCCNCc2ccccc2)cc1. The summed E-state index contributed by atoms with van der Waals surface area (Å²) in [7, 11) is 0. The molecular formula is C24H36N2. The first-order valence-corrected chi connectivity index (χ1v) is 10.4. The molecule has 0 heterocycles. The first kappa shape index (κ1) is 20.7. The van der Waals surface area contributed by atoms with Crippen molar-refractivity contribution >= 4 is 0 Å². The molecule has 0 aliphatic rings. The van der Waals surface area contributed by atoms with Gasteiger partial charge in [0, 0.05) is 13.1 Å². The zero-order chi connectivity index (χ0) is 18.1. The van der Waals surface area contributed by atoms with Crippen LogP contribution in [0.1, 0.15) is 62.5 Å². The van der Waals surface area contributed by atoms with Gasteiger partial charge in [0.2, 0.25) is 0 Å². The Morgan fingerprint density at radius 1 is 0.423 bits per heavy atom. The van der Waals surface area contributed by atoms with Crippen molar-refractivity contribution in [1.29, 1.82) is 0 Å². The van der Waals surface area contributed by atoms with Crippen LogP contribution in [0.15, 0.2) is 60.7 Å². The van der Waals surface area contributed by atoms with E-state index in [2.05, 4.69) is 71.3 Å².